The molecule has 0 aliphatic carbocycles. The maximum absolute atomic E-state index is 12.4. The molecule has 156 valence electrons. The van der Waals surface area contributed by atoms with Crippen LogP contribution in [0.4, 0.5) is 5.69 Å². The average Bonchev–Trinajstić information content (AvgIpc) is 3.25. The van der Waals surface area contributed by atoms with Crippen LogP contribution < -0.4 is 25.6 Å². The lowest BCUT2D eigenvalue weighted by molar-refractivity contribution is 0.0846. The summed E-state index contributed by atoms with van der Waals surface area (Å²) in [5.41, 5.74) is 7.25. The predicted octanol–water partition coefficient (Wildman–Crippen LogP) is 3.05. The maximum atomic E-state index is 12.4. The SMILES string of the molecule is Cc1cccc(C(=O)Nc2cccc(C(=O)NNC(=O)c3ccc4c(c3)OCO4)c2)c1. The second-order valence-electron chi connectivity index (χ2n) is 6.88. The Hall–Kier alpha value is -4.33. The lowest BCUT2D eigenvalue weighted by Crippen LogP contribution is -2.41. The van der Waals surface area contributed by atoms with Crippen molar-refractivity contribution in [1.29, 1.82) is 0 Å². The summed E-state index contributed by atoms with van der Waals surface area (Å²) in [6.07, 6.45) is 0. The fourth-order valence-electron chi connectivity index (χ4n) is 3.02. The summed E-state index contributed by atoms with van der Waals surface area (Å²) in [7, 11) is 0. The van der Waals surface area contributed by atoms with Gasteiger partial charge in [0.15, 0.2) is 11.5 Å². The molecule has 0 saturated heterocycles. The Morgan fingerprint density at radius 2 is 1.35 bits per heavy atom. The zero-order valence-electron chi connectivity index (χ0n) is 16.6. The third-order valence-corrected chi connectivity index (χ3v) is 4.59. The second-order valence-corrected chi connectivity index (χ2v) is 6.88. The third kappa shape index (κ3) is 4.64. The molecule has 0 saturated carbocycles. The highest BCUT2D eigenvalue weighted by Crippen LogP contribution is 2.32. The summed E-state index contributed by atoms with van der Waals surface area (Å²) in [6, 6.07) is 18.3. The van der Waals surface area contributed by atoms with E-state index in [4.69, 9.17) is 9.47 Å². The van der Waals surface area contributed by atoms with Crippen LogP contribution in [0.1, 0.15) is 36.6 Å². The molecule has 8 heteroatoms. The summed E-state index contributed by atoms with van der Waals surface area (Å²) in [6.45, 7) is 2.01. The molecule has 0 aromatic heterocycles. The lowest BCUT2D eigenvalue weighted by Gasteiger charge is -2.10. The molecule has 3 aromatic rings. The number of hydrogen-bond donors (Lipinski definition) is 3. The lowest BCUT2D eigenvalue weighted by atomic mass is 10.1. The number of fused-ring (bicyclic) bond motifs is 1. The monoisotopic (exact) mass is 417 g/mol. The van der Waals surface area contributed by atoms with Gasteiger partial charge in [0, 0.05) is 22.4 Å². The number of carbonyl (C=O) groups excluding carboxylic acids is 3. The predicted molar refractivity (Wildman–Crippen MR) is 113 cm³/mol. The van der Waals surface area contributed by atoms with Crippen LogP contribution in [0.3, 0.4) is 0 Å². The van der Waals surface area contributed by atoms with E-state index < -0.39 is 11.8 Å². The van der Waals surface area contributed by atoms with Gasteiger partial charge in [0.25, 0.3) is 17.7 Å². The fraction of sp³-hybridized carbons (Fsp3) is 0.0870. The molecule has 1 aliphatic heterocycles. The summed E-state index contributed by atoms with van der Waals surface area (Å²) < 4.78 is 10.5. The van der Waals surface area contributed by atoms with E-state index in [2.05, 4.69) is 16.2 Å². The summed E-state index contributed by atoms with van der Waals surface area (Å²) >= 11 is 0. The van der Waals surface area contributed by atoms with E-state index in [1.807, 2.05) is 13.0 Å². The number of hydrogen-bond acceptors (Lipinski definition) is 5. The topological polar surface area (TPSA) is 106 Å². The number of rotatable bonds is 4. The fourth-order valence-corrected chi connectivity index (χ4v) is 3.02. The zero-order valence-corrected chi connectivity index (χ0v) is 16.6. The maximum Gasteiger partial charge on any atom is 0.269 e. The van der Waals surface area contributed by atoms with Crippen molar-refractivity contribution in [2.45, 2.75) is 6.92 Å². The quantitative estimate of drug-likeness (QED) is 0.566. The van der Waals surface area contributed by atoms with E-state index >= 15 is 0 Å². The van der Waals surface area contributed by atoms with Crippen LogP contribution in [0.2, 0.25) is 0 Å². The molecule has 1 aliphatic rings. The van der Waals surface area contributed by atoms with Gasteiger partial charge >= 0.3 is 0 Å². The Bertz CT molecular complexity index is 1180. The van der Waals surface area contributed by atoms with E-state index in [0.29, 0.717) is 28.3 Å². The standard InChI is InChI=1S/C23H19N3O5/c1-14-4-2-5-15(10-14)21(27)24-18-7-3-6-16(11-18)22(28)25-26-23(29)17-8-9-19-20(12-17)31-13-30-19/h2-12H,13H2,1H3,(H,24,27)(H,25,28)(H,26,29). The second kappa shape index (κ2) is 8.58. The van der Waals surface area contributed by atoms with Gasteiger partial charge < -0.3 is 14.8 Å². The van der Waals surface area contributed by atoms with Gasteiger partial charge in [-0.05, 0) is 55.5 Å². The smallest absolute Gasteiger partial charge is 0.269 e. The number of nitrogens with one attached hydrogen (secondary N) is 3. The van der Waals surface area contributed by atoms with Crippen LogP contribution in [-0.2, 0) is 0 Å². The number of carbonyl (C=O) groups is 3. The van der Waals surface area contributed by atoms with Gasteiger partial charge in [-0.3, -0.25) is 25.2 Å². The highest BCUT2D eigenvalue weighted by Gasteiger charge is 2.17. The van der Waals surface area contributed by atoms with Crippen LogP contribution in [-0.4, -0.2) is 24.5 Å². The number of hydrazine groups is 1. The third-order valence-electron chi connectivity index (χ3n) is 4.59. The minimum Gasteiger partial charge on any atom is -0.454 e. The van der Waals surface area contributed by atoms with Crippen LogP contribution >= 0.6 is 0 Å². The van der Waals surface area contributed by atoms with Crippen molar-refractivity contribution in [3.8, 4) is 11.5 Å². The number of aryl methyl sites for hydroxylation is 1. The Balaban J connectivity index is 1.37. The molecule has 1 heterocycles. The Morgan fingerprint density at radius 1 is 0.710 bits per heavy atom. The van der Waals surface area contributed by atoms with Crippen LogP contribution in [0.25, 0.3) is 0 Å². The molecular formula is C23H19N3O5. The van der Waals surface area contributed by atoms with E-state index in [1.54, 1.807) is 48.5 Å². The summed E-state index contributed by atoms with van der Waals surface area (Å²) in [5.74, 6) is -0.283. The number of anilines is 1. The first kappa shape index (κ1) is 20.0. The molecule has 3 N–H and O–H groups in total. The molecule has 3 aromatic carbocycles. The first-order chi connectivity index (χ1) is 15.0. The molecule has 8 nitrogen and oxygen atoms in total. The molecule has 0 unspecified atom stereocenters. The molecule has 3 amide bonds. The zero-order chi connectivity index (χ0) is 21.8. The van der Waals surface area contributed by atoms with Crippen molar-refractivity contribution in [2.75, 3.05) is 12.1 Å². The molecule has 0 fully saturated rings. The number of ether oxygens (including phenoxy) is 2. The van der Waals surface area contributed by atoms with Crippen LogP contribution in [0, 0.1) is 6.92 Å². The van der Waals surface area contributed by atoms with Crippen molar-refractivity contribution < 1.29 is 23.9 Å². The van der Waals surface area contributed by atoms with Crippen LogP contribution in [0.5, 0.6) is 11.5 Å². The van der Waals surface area contributed by atoms with Gasteiger partial charge in [-0.1, -0.05) is 23.8 Å². The highest BCUT2D eigenvalue weighted by atomic mass is 16.7. The molecule has 0 bridgehead atoms. The summed E-state index contributed by atoms with van der Waals surface area (Å²) in [5, 5.41) is 2.76. The van der Waals surface area contributed by atoms with Gasteiger partial charge in [0.05, 0.1) is 0 Å². The molecule has 4 rings (SSSR count). The van der Waals surface area contributed by atoms with Crippen molar-refractivity contribution in [3.63, 3.8) is 0 Å². The Kier molecular flexibility index (Phi) is 5.53. The molecular weight excluding hydrogens is 398 g/mol. The van der Waals surface area contributed by atoms with Gasteiger partial charge in [-0.2, -0.15) is 0 Å². The first-order valence-electron chi connectivity index (χ1n) is 9.48. The van der Waals surface area contributed by atoms with Gasteiger partial charge in [-0.15, -0.1) is 0 Å². The first-order valence-corrected chi connectivity index (χ1v) is 9.48. The van der Waals surface area contributed by atoms with Gasteiger partial charge in [0.2, 0.25) is 6.79 Å². The average molecular weight is 417 g/mol. The molecule has 0 radical (unpaired) electrons. The molecule has 31 heavy (non-hydrogen) atoms. The van der Waals surface area contributed by atoms with E-state index in [1.165, 1.54) is 12.1 Å². The largest absolute Gasteiger partial charge is 0.454 e. The molecule has 0 atom stereocenters. The van der Waals surface area contributed by atoms with E-state index in [0.717, 1.165) is 5.56 Å². The minimum atomic E-state index is -0.527. The Labute approximate surface area is 178 Å². The van der Waals surface area contributed by atoms with Crippen molar-refractivity contribution in [1.82, 2.24) is 10.9 Å². The van der Waals surface area contributed by atoms with Crippen molar-refractivity contribution in [2.24, 2.45) is 0 Å². The highest BCUT2D eigenvalue weighted by molar-refractivity contribution is 6.05. The van der Waals surface area contributed by atoms with E-state index in [-0.39, 0.29) is 18.3 Å². The normalized spacial score (nSPS) is 11.5. The summed E-state index contributed by atoms with van der Waals surface area (Å²) in [4.78, 5) is 37.1. The van der Waals surface area contributed by atoms with E-state index in [9.17, 15) is 14.4 Å². The van der Waals surface area contributed by atoms with Gasteiger partial charge in [0.1, 0.15) is 0 Å². The van der Waals surface area contributed by atoms with Gasteiger partial charge in [-0.25, -0.2) is 0 Å². The van der Waals surface area contributed by atoms with Crippen LogP contribution in [0.15, 0.2) is 66.7 Å². The number of amides is 3. The number of benzene rings is 3. The van der Waals surface area contributed by atoms with Crippen molar-refractivity contribution in [3.05, 3.63) is 89.0 Å². The molecule has 0 spiro atoms. The minimum absolute atomic E-state index is 0.105. The van der Waals surface area contributed by atoms with Crippen molar-refractivity contribution >= 4 is 23.4 Å². The Morgan fingerprint density at radius 3 is 2.10 bits per heavy atom.